The molecule has 1 aromatic carbocycles. The van der Waals surface area contributed by atoms with E-state index in [9.17, 15) is 10.1 Å². The molecule has 0 spiro atoms. The summed E-state index contributed by atoms with van der Waals surface area (Å²) in [7, 11) is 0. The molecule has 1 aromatic heterocycles. The first-order valence-corrected chi connectivity index (χ1v) is 5.92. The van der Waals surface area contributed by atoms with Gasteiger partial charge in [0.2, 0.25) is 0 Å². The molecule has 0 bridgehead atoms. The maximum absolute atomic E-state index is 10.5. The van der Waals surface area contributed by atoms with Crippen LogP contribution in [0.15, 0.2) is 29.6 Å². The van der Waals surface area contributed by atoms with Crippen molar-refractivity contribution in [3.8, 4) is 0 Å². The van der Waals surface area contributed by atoms with Crippen molar-refractivity contribution in [3.63, 3.8) is 0 Å². The van der Waals surface area contributed by atoms with Gasteiger partial charge in [0.15, 0.2) is 5.13 Å². The molecule has 0 radical (unpaired) electrons. The van der Waals surface area contributed by atoms with Crippen LogP contribution in [0.5, 0.6) is 0 Å². The van der Waals surface area contributed by atoms with Crippen molar-refractivity contribution >= 4 is 22.2 Å². The summed E-state index contributed by atoms with van der Waals surface area (Å²) in [6, 6.07) is 6.49. The Labute approximate surface area is 102 Å². The van der Waals surface area contributed by atoms with Crippen molar-refractivity contribution in [2.75, 3.05) is 5.32 Å². The number of rotatable bonds is 4. The number of nitro benzene ring substituents is 1. The Morgan fingerprint density at radius 2 is 2.12 bits per heavy atom. The van der Waals surface area contributed by atoms with Crippen LogP contribution in [0.2, 0.25) is 0 Å². The zero-order chi connectivity index (χ0) is 12.3. The summed E-state index contributed by atoms with van der Waals surface area (Å²) < 4.78 is 0. The zero-order valence-electron chi connectivity index (χ0n) is 9.21. The number of benzene rings is 1. The number of non-ortho nitro benzene ring substituents is 1. The third-order valence-electron chi connectivity index (χ3n) is 2.21. The molecule has 0 atom stereocenters. The van der Waals surface area contributed by atoms with Crippen LogP contribution in [0.25, 0.3) is 0 Å². The normalized spacial score (nSPS) is 10.2. The van der Waals surface area contributed by atoms with Gasteiger partial charge in [0.1, 0.15) is 0 Å². The Morgan fingerprint density at radius 3 is 2.65 bits per heavy atom. The van der Waals surface area contributed by atoms with Crippen LogP contribution in [0, 0.1) is 17.0 Å². The minimum Gasteiger partial charge on any atom is -0.357 e. The maximum atomic E-state index is 10.5. The summed E-state index contributed by atoms with van der Waals surface area (Å²) in [5, 5.41) is 16.5. The predicted molar refractivity (Wildman–Crippen MR) is 67.3 cm³/mol. The van der Waals surface area contributed by atoms with Gasteiger partial charge in [0, 0.05) is 24.1 Å². The van der Waals surface area contributed by atoms with Crippen molar-refractivity contribution in [1.82, 2.24) is 4.98 Å². The highest BCUT2D eigenvalue weighted by atomic mass is 32.1. The number of thiazole rings is 1. The van der Waals surface area contributed by atoms with E-state index in [0.29, 0.717) is 6.54 Å². The summed E-state index contributed by atoms with van der Waals surface area (Å²) in [6.45, 7) is 2.55. The van der Waals surface area contributed by atoms with Crippen LogP contribution in [-0.4, -0.2) is 9.91 Å². The fourth-order valence-corrected chi connectivity index (χ4v) is 2.04. The lowest BCUT2D eigenvalue weighted by atomic mass is 10.2. The number of nitrogens with zero attached hydrogens (tertiary/aromatic N) is 2. The highest BCUT2D eigenvalue weighted by Crippen LogP contribution is 2.17. The molecule has 6 heteroatoms. The molecule has 0 aliphatic rings. The van der Waals surface area contributed by atoms with E-state index in [0.717, 1.165) is 16.4 Å². The third-order valence-corrected chi connectivity index (χ3v) is 3.13. The first-order valence-electron chi connectivity index (χ1n) is 5.04. The highest BCUT2D eigenvalue weighted by Gasteiger charge is 2.04. The van der Waals surface area contributed by atoms with Gasteiger partial charge in [-0.25, -0.2) is 4.98 Å². The maximum Gasteiger partial charge on any atom is 0.269 e. The van der Waals surface area contributed by atoms with Crippen molar-refractivity contribution in [3.05, 3.63) is 51.0 Å². The molecule has 2 aromatic rings. The van der Waals surface area contributed by atoms with Crippen molar-refractivity contribution < 1.29 is 4.92 Å². The van der Waals surface area contributed by atoms with E-state index in [2.05, 4.69) is 10.3 Å². The molecule has 0 aliphatic heterocycles. The number of hydrogen-bond donors (Lipinski definition) is 1. The van der Waals surface area contributed by atoms with Crippen LogP contribution >= 0.6 is 11.3 Å². The van der Waals surface area contributed by atoms with Crippen LogP contribution in [0.4, 0.5) is 10.8 Å². The molecule has 0 unspecified atom stereocenters. The first-order chi connectivity index (χ1) is 8.15. The minimum absolute atomic E-state index is 0.110. The van der Waals surface area contributed by atoms with Crippen molar-refractivity contribution in [2.45, 2.75) is 13.5 Å². The molecular formula is C11H11N3O2S. The van der Waals surface area contributed by atoms with E-state index in [1.54, 1.807) is 23.5 Å². The van der Waals surface area contributed by atoms with Gasteiger partial charge in [0.25, 0.3) is 5.69 Å². The van der Waals surface area contributed by atoms with E-state index < -0.39 is 4.92 Å². The van der Waals surface area contributed by atoms with E-state index >= 15 is 0 Å². The molecule has 0 amide bonds. The fraction of sp³-hybridized carbons (Fsp3) is 0.182. The first kappa shape index (κ1) is 11.5. The van der Waals surface area contributed by atoms with E-state index in [4.69, 9.17) is 0 Å². The van der Waals surface area contributed by atoms with E-state index in [1.165, 1.54) is 12.1 Å². The lowest BCUT2D eigenvalue weighted by Crippen LogP contribution is -1.99. The fourth-order valence-electron chi connectivity index (χ4n) is 1.35. The second kappa shape index (κ2) is 4.92. The summed E-state index contributed by atoms with van der Waals surface area (Å²) in [6.07, 6.45) is 0. The zero-order valence-corrected chi connectivity index (χ0v) is 10.0. The monoisotopic (exact) mass is 249 g/mol. The van der Waals surface area contributed by atoms with Gasteiger partial charge in [-0.2, -0.15) is 0 Å². The SMILES string of the molecule is Cc1csc(NCc2ccc([N+](=O)[O-])cc2)n1. The van der Waals surface area contributed by atoms with Gasteiger partial charge >= 0.3 is 0 Å². The largest absolute Gasteiger partial charge is 0.357 e. The van der Waals surface area contributed by atoms with Crippen molar-refractivity contribution in [2.24, 2.45) is 0 Å². The summed E-state index contributed by atoms with van der Waals surface area (Å²) in [4.78, 5) is 14.3. The number of aryl methyl sites for hydroxylation is 1. The van der Waals surface area contributed by atoms with Crippen LogP contribution in [-0.2, 0) is 6.54 Å². The Morgan fingerprint density at radius 1 is 1.41 bits per heavy atom. The van der Waals surface area contributed by atoms with Crippen LogP contribution < -0.4 is 5.32 Å². The van der Waals surface area contributed by atoms with Crippen molar-refractivity contribution in [1.29, 1.82) is 0 Å². The van der Waals surface area contributed by atoms with Gasteiger partial charge < -0.3 is 5.32 Å². The molecule has 17 heavy (non-hydrogen) atoms. The van der Waals surface area contributed by atoms with Crippen LogP contribution in [0.3, 0.4) is 0 Å². The summed E-state index contributed by atoms with van der Waals surface area (Å²) in [5.74, 6) is 0. The van der Waals surface area contributed by atoms with E-state index in [1.807, 2.05) is 12.3 Å². The second-order valence-corrected chi connectivity index (χ2v) is 4.43. The third kappa shape index (κ3) is 3.01. The molecular weight excluding hydrogens is 238 g/mol. The quantitative estimate of drug-likeness (QED) is 0.668. The second-order valence-electron chi connectivity index (χ2n) is 3.57. The topological polar surface area (TPSA) is 68.1 Å². The molecule has 5 nitrogen and oxygen atoms in total. The molecule has 0 saturated heterocycles. The van der Waals surface area contributed by atoms with Gasteiger partial charge in [-0.1, -0.05) is 12.1 Å². The summed E-state index contributed by atoms with van der Waals surface area (Å²) >= 11 is 1.55. The number of nitrogens with one attached hydrogen (secondary N) is 1. The smallest absolute Gasteiger partial charge is 0.269 e. The average molecular weight is 249 g/mol. The molecule has 2 rings (SSSR count). The molecule has 1 N–H and O–H groups in total. The number of hydrogen-bond acceptors (Lipinski definition) is 5. The lowest BCUT2D eigenvalue weighted by Gasteiger charge is -2.02. The number of nitro groups is 1. The van der Waals surface area contributed by atoms with Gasteiger partial charge in [-0.05, 0) is 12.5 Å². The van der Waals surface area contributed by atoms with Gasteiger partial charge in [-0.15, -0.1) is 11.3 Å². The molecule has 0 aliphatic carbocycles. The molecule has 0 saturated carbocycles. The Hall–Kier alpha value is -1.95. The Bertz CT molecular complexity index is 522. The average Bonchev–Trinajstić information content (AvgIpc) is 2.73. The van der Waals surface area contributed by atoms with Gasteiger partial charge in [-0.3, -0.25) is 10.1 Å². The highest BCUT2D eigenvalue weighted by molar-refractivity contribution is 7.13. The number of aromatic nitrogens is 1. The summed E-state index contributed by atoms with van der Waals surface area (Å²) in [5.41, 5.74) is 2.09. The lowest BCUT2D eigenvalue weighted by molar-refractivity contribution is -0.384. The van der Waals surface area contributed by atoms with Crippen LogP contribution in [0.1, 0.15) is 11.3 Å². The predicted octanol–water partition coefficient (Wildman–Crippen LogP) is 2.97. The van der Waals surface area contributed by atoms with E-state index in [-0.39, 0.29) is 5.69 Å². The molecule has 88 valence electrons. The molecule has 1 heterocycles. The Kier molecular flexibility index (Phi) is 3.34. The Balaban J connectivity index is 1.97. The number of anilines is 1. The van der Waals surface area contributed by atoms with Gasteiger partial charge in [0.05, 0.1) is 10.6 Å². The minimum atomic E-state index is -0.401. The molecule has 0 fully saturated rings. The standard InChI is InChI=1S/C11H11N3O2S/c1-8-7-17-11(13-8)12-6-9-2-4-10(5-3-9)14(15)16/h2-5,7H,6H2,1H3,(H,12,13).